The van der Waals surface area contributed by atoms with Crippen LogP contribution in [0.15, 0.2) is 35.1 Å². The lowest BCUT2D eigenvalue weighted by Crippen LogP contribution is -2.23. The quantitative estimate of drug-likeness (QED) is 0.844. The lowest BCUT2D eigenvalue weighted by Gasteiger charge is -2.22. The largest absolute Gasteiger partial charge is 0.467 e. The van der Waals surface area contributed by atoms with Crippen LogP contribution in [0, 0.1) is 6.92 Å². The normalized spacial score (nSPS) is 13.7. The molecule has 104 valence electrons. The van der Waals surface area contributed by atoms with E-state index in [0.29, 0.717) is 18.8 Å². The monoisotopic (exact) mass is 272 g/mol. The molecule has 2 heterocycles. The third kappa shape index (κ3) is 2.28. The van der Waals surface area contributed by atoms with Gasteiger partial charge in [-0.25, -0.2) is 0 Å². The summed E-state index contributed by atoms with van der Waals surface area (Å²) in [7, 11) is 0. The van der Waals surface area contributed by atoms with E-state index in [-0.39, 0.29) is 12.4 Å². The smallest absolute Gasteiger partial charge is 0.251 e. The Morgan fingerprint density at radius 2 is 2.20 bits per heavy atom. The van der Waals surface area contributed by atoms with E-state index in [0.717, 1.165) is 22.6 Å². The molecular formula is C15H16N2O3. The third-order valence-electron chi connectivity index (χ3n) is 3.41. The van der Waals surface area contributed by atoms with Crippen LogP contribution in [0.4, 0.5) is 5.69 Å². The van der Waals surface area contributed by atoms with Crippen molar-refractivity contribution >= 4 is 5.69 Å². The Bertz CT molecular complexity index is 707. The van der Waals surface area contributed by atoms with Gasteiger partial charge >= 0.3 is 0 Å². The molecule has 0 saturated heterocycles. The number of hydrogen-bond acceptors (Lipinski definition) is 4. The number of aryl methyl sites for hydroxylation is 1. The van der Waals surface area contributed by atoms with Crippen molar-refractivity contribution in [2.75, 3.05) is 12.5 Å². The predicted molar refractivity (Wildman–Crippen MR) is 75.7 cm³/mol. The number of rotatable bonds is 2. The van der Waals surface area contributed by atoms with Gasteiger partial charge in [0.1, 0.15) is 5.75 Å². The second-order valence-electron chi connectivity index (χ2n) is 4.87. The van der Waals surface area contributed by atoms with Crippen LogP contribution in [-0.2, 0) is 17.9 Å². The first kappa shape index (κ1) is 12.7. The number of pyridine rings is 1. The lowest BCUT2D eigenvalue weighted by molar-refractivity contribution is -0.0170. The first-order chi connectivity index (χ1) is 9.65. The van der Waals surface area contributed by atoms with E-state index < -0.39 is 0 Å². The topological polar surface area (TPSA) is 66.5 Å². The minimum Gasteiger partial charge on any atom is -0.467 e. The average molecular weight is 272 g/mol. The van der Waals surface area contributed by atoms with E-state index in [1.54, 1.807) is 16.7 Å². The second kappa shape index (κ2) is 5.02. The number of nitrogen functional groups attached to an aromatic ring is 1. The van der Waals surface area contributed by atoms with E-state index in [1.165, 1.54) is 0 Å². The summed E-state index contributed by atoms with van der Waals surface area (Å²) in [6.07, 6.45) is 0. The molecule has 0 aliphatic carbocycles. The third-order valence-corrected chi connectivity index (χ3v) is 3.41. The molecule has 1 aromatic carbocycles. The molecule has 1 aliphatic heterocycles. The maximum Gasteiger partial charge on any atom is 0.251 e. The molecule has 0 saturated carbocycles. The highest BCUT2D eigenvalue weighted by molar-refractivity contribution is 5.53. The highest BCUT2D eigenvalue weighted by Crippen LogP contribution is 2.31. The number of fused-ring (bicyclic) bond motifs is 1. The SMILES string of the molecule is Cc1cccc(=O)n1Cc1cc(N)cc2c1OCOC2. The van der Waals surface area contributed by atoms with Crippen molar-refractivity contribution < 1.29 is 9.47 Å². The van der Waals surface area contributed by atoms with Crippen LogP contribution in [0.25, 0.3) is 0 Å². The summed E-state index contributed by atoms with van der Waals surface area (Å²) in [6.45, 7) is 3.06. The molecule has 0 radical (unpaired) electrons. The molecule has 1 aromatic heterocycles. The van der Waals surface area contributed by atoms with Gasteiger partial charge in [-0.2, -0.15) is 0 Å². The van der Waals surface area contributed by atoms with Gasteiger partial charge in [0, 0.05) is 28.6 Å². The molecule has 2 N–H and O–H groups in total. The minimum absolute atomic E-state index is 0.0340. The Labute approximate surface area is 116 Å². The molecule has 0 atom stereocenters. The molecule has 5 nitrogen and oxygen atoms in total. The van der Waals surface area contributed by atoms with Crippen molar-refractivity contribution in [3.05, 3.63) is 57.5 Å². The summed E-state index contributed by atoms with van der Waals surface area (Å²) in [5, 5.41) is 0. The van der Waals surface area contributed by atoms with Crippen LogP contribution in [0.2, 0.25) is 0 Å². The van der Waals surface area contributed by atoms with Crippen LogP contribution >= 0.6 is 0 Å². The number of nitrogens with two attached hydrogens (primary N) is 1. The molecule has 5 heteroatoms. The van der Waals surface area contributed by atoms with Crippen molar-refractivity contribution in [2.24, 2.45) is 0 Å². The minimum atomic E-state index is -0.0340. The first-order valence-electron chi connectivity index (χ1n) is 6.43. The van der Waals surface area contributed by atoms with Crippen LogP contribution in [0.1, 0.15) is 16.8 Å². The molecule has 0 amide bonds. The van der Waals surface area contributed by atoms with Gasteiger partial charge in [0.15, 0.2) is 6.79 Å². The first-order valence-corrected chi connectivity index (χ1v) is 6.43. The Morgan fingerprint density at radius 1 is 1.35 bits per heavy atom. The number of ether oxygens (including phenoxy) is 2. The fourth-order valence-corrected chi connectivity index (χ4v) is 2.44. The standard InChI is InChI=1S/C15H16N2O3/c1-10-3-2-4-14(18)17(10)7-11-5-13(16)6-12-8-19-9-20-15(11)12/h2-6H,7-9,16H2,1H3. The van der Waals surface area contributed by atoms with Gasteiger partial charge in [0.25, 0.3) is 5.56 Å². The second-order valence-corrected chi connectivity index (χ2v) is 4.87. The van der Waals surface area contributed by atoms with Gasteiger partial charge in [-0.05, 0) is 25.1 Å². The molecule has 0 spiro atoms. The zero-order valence-corrected chi connectivity index (χ0v) is 11.3. The van der Waals surface area contributed by atoms with Gasteiger partial charge in [0.2, 0.25) is 0 Å². The van der Waals surface area contributed by atoms with Crippen molar-refractivity contribution in [1.29, 1.82) is 0 Å². The molecule has 1 aliphatic rings. The predicted octanol–water partition coefficient (Wildman–Crippen LogP) is 1.65. The molecule has 20 heavy (non-hydrogen) atoms. The lowest BCUT2D eigenvalue weighted by atomic mass is 10.1. The molecular weight excluding hydrogens is 256 g/mol. The van der Waals surface area contributed by atoms with E-state index >= 15 is 0 Å². The van der Waals surface area contributed by atoms with Gasteiger partial charge in [-0.1, -0.05) is 6.07 Å². The van der Waals surface area contributed by atoms with Gasteiger partial charge in [-0.3, -0.25) is 4.79 Å². The summed E-state index contributed by atoms with van der Waals surface area (Å²) < 4.78 is 12.5. The van der Waals surface area contributed by atoms with Crippen molar-refractivity contribution in [3.8, 4) is 5.75 Å². The zero-order valence-electron chi connectivity index (χ0n) is 11.3. The van der Waals surface area contributed by atoms with Crippen molar-refractivity contribution in [1.82, 2.24) is 4.57 Å². The number of hydrogen-bond donors (Lipinski definition) is 1. The summed E-state index contributed by atoms with van der Waals surface area (Å²) in [4.78, 5) is 12.0. The van der Waals surface area contributed by atoms with Crippen LogP contribution in [-0.4, -0.2) is 11.4 Å². The molecule has 3 rings (SSSR count). The number of aromatic nitrogens is 1. The van der Waals surface area contributed by atoms with Crippen LogP contribution in [0.5, 0.6) is 5.75 Å². The van der Waals surface area contributed by atoms with Gasteiger partial charge < -0.3 is 19.8 Å². The summed E-state index contributed by atoms with van der Waals surface area (Å²) >= 11 is 0. The number of benzene rings is 1. The molecule has 2 aromatic rings. The highest BCUT2D eigenvalue weighted by atomic mass is 16.7. The summed E-state index contributed by atoms with van der Waals surface area (Å²) in [6, 6.07) is 8.91. The van der Waals surface area contributed by atoms with E-state index in [9.17, 15) is 4.79 Å². The van der Waals surface area contributed by atoms with Gasteiger partial charge in [0.05, 0.1) is 13.2 Å². The fourth-order valence-electron chi connectivity index (χ4n) is 2.44. The highest BCUT2D eigenvalue weighted by Gasteiger charge is 2.17. The summed E-state index contributed by atoms with van der Waals surface area (Å²) in [5.74, 6) is 0.778. The number of nitrogens with zero attached hydrogens (tertiary/aromatic N) is 1. The van der Waals surface area contributed by atoms with Crippen molar-refractivity contribution in [2.45, 2.75) is 20.1 Å². The van der Waals surface area contributed by atoms with E-state index in [2.05, 4.69) is 0 Å². The fraction of sp³-hybridized carbons (Fsp3) is 0.267. The molecule has 0 fully saturated rings. The Morgan fingerprint density at radius 3 is 3.00 bits per heavy atom. The Balaban J connectivity index is 2.07. The summed E-state index contributed by atoms with van der Waals surface area (Å²) in [5.41, 5.74) is 9.26. The van der Waals surface area contributed by atoms with Crippen molar-refractivity contribution in [3.63, 3.8) is 0 Å². The Kier molecular flexibility index (Phi) is 3.20. The van der Waals surface area contributed by atoms with E-state index in [4.69, 9.17) is 15.2 Å². The maximum absolute atomic E-state index is 12.0. The van der Waals surface area contributed by atoms with E-state index in [1.807, 2.05) is 25.1 Å². The zero-order chi connectivity index (χ0) is 14.1. The van der Waals surface area contributed by atoms with Gasteiger partial charge in [-0.15, -0.1) is 0 Å². The molecule has 0 bridgehead atoms. The maximum atomic E-state index is 12.0. The Hall–Kier alpha value is -2.27. The number of anilines is 1. The average Bonchev–Trinajstić information content (AvgIpc) is 2.42. The van der Waals surface area contributed by atoms with Crippen LogP contribution in [0.3, 0.4) is 0 Å². The van der Waals surface area contributed by atoms with Crippen LogP contribution < -0.4 is 16.0 Å². The molecule has 0 unspecified atom stereocenters.